The third-order valence-electron chi connectivity index (χ3n) is 7.27. The van der Waals surface area contributed by atoms with Crippen LogP contribution in [0.2, 0.25) is 0 Å². The van der Waals surface area contributed by atoms with Crippen LogP contribution in [-0.2, 0) is 13.0 Å². The molecule has 7 nitrogen and oxygen atoms in total. The van der Waals surface area contributed by atoms with Crippen molar-refractivity contribution in [2.24, 2.45) is 5.92 Å². The number of carbonyl (C=O) groups excluding carboxylic acids is 1. The lowest BCUT2D eigenvalue weighted by molar-refractivity contribution is 0.0601. The lowest BCUT2D eigenvalue weighted by Crippen LogP contribution is -2.46. The summed E-state index contributed by atoms with van der Waals surface area (Å²) in [6.07, 6.45) is 4.68. The van der Waals surface area contributed by atoms with Crippen molar-refractivity contribution in [3.05, 3.63) is 83.7 Å². The molecule has 0 N–H and O–H groups in total. The number of benzene rings is 2. The van der Waals surface area contributed by atoms with Crippen LogP contribution in [0, 0.1) is 5.92 Å². The van der Waals surface area contributed by atoms with E-state index in [1.165, 1.54) is 5.56 Å². The molecule has 3 heterocycles. The van der Waals surface area contributed by atoms with Crippen LogP contribution in [0.3, 0.4) is 0 Å². The number of nitrogens with zero attached hydrogens (tertiary/aromatic N) is 3. The van der Waals surface area contributed by atoms with Gasteiger partial charge < -0.3 is 19.1 Å². The molecule has 2 aliphatic heterocycles. The summed E-state index contributed by atoms with van der Waals surface area (Å²) < 4.78 is 16.3. The maximum atomic E-state index is 13.2. The number of piperidine rings is 1. The minimum absolute atomic E-state index is 0.0536. The van der Waals surface area contributed by atoms with E-state index in [-0.39, 0.29) is 12.7 Å². The smallest absolute Gasteiger partial charge is 0.253 e. The van der Waals surface area contributed by atoms with Gasteiger partial charge in [-0.25, -0.2) is 0 Å². The number of hydrogen-bond donors (Lipinski definition) is 0. The fraction of sp³-hybridized carbons (Fsp3) is 0.379. The quantitative estimate of drug-likeness (QED) is 0.469. The van der Waals surface area contributed by atoms with Crippen LogP contribution in [0.4, 0.5) is 0 Å². The number of rotatable bonds is 8. The summed E-state index contributed by atoms with van der Waals surface area (Å²) in [5, 5.41) is 0. The monoisotopic (exact) mass is 487 g/mol. The molecule has 1 aromatic heterocycles. The summed E-state index contributed by atoms with van der Waals surface area (Å²) in [7, 11) is 3.89. The largest absolute Gasteiger partial charge is 0.497 e. The van der Waals surface area contributed by atoms with E-state index in [0.29, 0.717) is 29.0 Å². The van der Waals surface area contributed by atoms with Gasteiger partial charge in [0.15, 0.2) is 11.5 Å². The van der Waals surface area contributed by atoms with Gasteiger partial charge in [-0.1, -0.05) is 18.2 Å². The number of aromatic nitrogens is 1. The third kappa shape index (κ3) is 5.46. The van der Waals surface area contributed by atoms with Crippen LogP contribution in [0.15, 0.2) is 66.9 Å². The lowest BCUT2D eigenvalue weighted by atomic mass is 9.84. The molecule has 36 heavy (non-hydrogen) atoms. The number of pyridine rings is 1. The molecule has 0 radical (unpaired) electrons. The van der Waals surface area contributed by atoms with E-state index in [1.54, 1.807) is 13.2 Å². The molecule has 3 aromatic rings. The first-order valence-electron chi connectivity index (χ1n) is 12.5. The zero-order valence-corrected chi connectivity index (χ0v) is 20.9. The number of ether oxygens (including phenoxy) is 3. The van der Waals surface area contributed by atoms with E-state index < -0.39 is 0 Å². The Morgan fingerprint density at radius 1 is 1.08 bits per heavy atom. The highest BCUT2D eigenvalue weighted by Crippen LogP contribution is 2.34. The van der Waals surface area contributed by atoms with E-state index in [2.05, 4.69) is 41.2 Å². The molecule has 1 fully saturated rings. The minimum Gasteiger partial charge on any atom is -0.497 e. The number of amides is 1. The van der Waals surface area contributed by atoms with Crippen LogP contribution in [-0.4, -0.2) is 60.8 Å². The van der Waals surface area contributed by atoms with Crippen molar-refractivity contribution in [1.82, 2.24) is 14.8 Å². The molecule has 1 atom stereocenters. The summed E-state index contributed by atoms with van der Waals surface area (Å²) in [6, 6.07) is 20.1. The summed E-state index contributed by atoms with van der Waals surface area (Å²) in [5.74, 6) is 2.73. The second-order valence-electron chi connectivity index (χ2n) is 9.56. The Hall–Kier alpha value is -3.58. The maximum absolute atomic E-state index is 13.2. The molecule has 7 heteroatoms. The van der Waals surface area contributed by atoms with Gasteiger partial charge in [-0.2, -0.15) is 0 Å². The SMILES string of the molecule is COc1cccc(CC(C2CCN(C(=O)c3ccc4c(c3)OCO4)CC2)N(C)Cc2ccccn2)c1. The van der Waals surface area contributed by atoms with Crippen LogP contribution in [0.5, 0.6) is 17.2 Å². The van der Waals surface area contributed by atoms with Crippen molar-refractivity contribution >= 4 is 5.91 Å². The fourth-order valence-corrected chi connectivity index (χ4v) is 5.29. The molecule has 0 spiro atoms. The normalized spacial score (nSPS) is 16.2. The molecule has 188 valence electrons. The molecule has 0 saturated carbocycles. The molecule has 2 aliphatic rings. The van der Waals surface area contributed by atoms with Crippen molar-refractivity contribution in [3.63, 3.8) is 0 Å². The van der Waals surface area contributed by atoms with E-state index >= 15 is 0 Å². The summed E-state index contributed by atoms with van der Waals surface area (Å²) in [5.41, 5.74) is 2.97. The average molecular weight is 488 g/mol. The number of methoxy groups -OCH3 is 1. The van der Waals surface area contributed by atoms with E-state index in [0.717, 1.165) is 50.3 Å². The molecular weight excluding hydrogens is 454 g/mol. The Balaban J connectivity index is 1.28. The minimum atomic E-state index is 0.0536. The van der Waals surface area contributed by atoms with Crippen molar-refractivity contribution in [1.29, 1.82) is 0 Å². The lowest BCUT2D eigenvalue weighted by Gasteiger charge is -2.40. The van der Waals surface area contributed by atoms with Crippen molar-refractivity contribution in [2.45, 2.75) is 31.8 Å². The van der Waals surface area contributed by atoms with Gasteiger partial charge in [-0.3, -0.25) is 14.7 Å². The zero-order valence-electron chi connectivity index (χ0n) is 20.9. The Morgan fingerprint density at radius 2 is 1.92 bits per heavy atom. The topological polar surface area (TPSA) is 64.1 Å². The van der Waals surface area contributed by atoms with Gasteiger partial charge in [-0.15, -0.1) is 0 Å². The van der Waals surface area contributed by atoms with Gasteiger partial charge in [0.2, 0.25) is 6.79 Å². The zero-order chi connectivity index (χ0) is 24.9. The molecule has 0 aliphatic carbocycles. The number of likely N-dealkylation sites (tertiary alicyclic amines) is 1. The van der Waals surface area contributed by atoms with Gasteiger partial charge in [-0.05, 0) is 80.3 Å². The highest BCUT2D eigenvalue weighted by Gasteiger charge is 2.32. The molecule has 1 unspecified atom stereocenters. The summed E-state index contributed by atoms with van der Waals surface area (Å²) in [4.78, 5) is 22.1. The summed E-state index contributed by atoms with van der Waals surface area (Å²) in [6.45, 7) is 2.47. The summed E-state index contributed by atoms with van der Waals surface area (Å²) >= 11 is 0. The Morgan fingerprint density at radius 3 is 2.69 bits per heavy atom. The third-order valence-corrected chi connectivity index (χ3v) is 7.27. The molecule has 0 bridgehead atoms. The van der Waals surface area contributed by atoms with Crippen molar-refractivity contribution < 1.29 is 19.0 Å². The molecule has 1 saturated heterocycles. The highest BCUT2D eigenvalue weighted by molar-refractivity contribution is 5.95. The van der Waals surface area contributed by atoms with Gasteiger partial charge in [0.05, 0.1) is 12.8 Å². The standard InChI is InChI=1S/C29H33N3O4/c1-31(19-24-7-3-4-13-30-24)26(17-21-6-5-8-25(16-21)34-2)22-11-14-32(15-12-22)29(33)23-9-10-27-28(18-23)36-20-35-27/h3-10,13,16,18,22,26H,11-12,14-15,17,19-20H2,1-2H3. The fourth-order valence-electron chi connectivity index (χ4n) is 5.29. The van der Waals surface area contributed by atoms with Crippen molar-refractivity contribution in [3.8, 4) is 17.2 Å². The van der Waals surface area contributed by atoms with Crippen LogP contribution in [0.25, 0.3) is 0 Å². The van der Waals surface area contributed by atoms with Crippen LogP contribution < -0.4 is 14.2 Å². The van der Waals surface area contributed by atoms with Crippen LogP contribution >= 0.6 is 0 Å². The van der Waals surface area contributed by atoms with E-state index in [9.17, 15) is 4.79 Å². The van der Waals surface area contributed by atoms with Gasteiger partial charge in [0.1, 0.15) is 5.75 Å². The van der Waals surface area contributed by atoms with Gasteiger partial charge in [0.25, 0.3) is 5.91 Å². The number of carbonyl (C=O) groups is 1. The first-order chi connectivity index (χ1) is 17.6. The number of hydrogen-bond acceptors (Lipinski definition) is 6. The van der Waals surface area contributed by atoms with Gasteiger partial charge in [0, 0.05) is 37.4 Å². The van der Waals surface area contributed by atoms with Crippen molar-refractivity contribution in [2.75, 3.05) is 34.0 Å². The molecular formula is C29H33N3O4. The molecule has 2 aromatic carbocycles. The molecule has 5 rings (SSSR count). The second kappa shape index (κ2) is 11.0. The first kappa shape index (κ1) is 24.1. The van der Waals surface area contributed by atoms with E-state index in [4.69, 9.17) is 14.2 Å². The van der Waals surface area contributed by atoms with E-state index in [1.807, 2.05) is 41.4 Å². The molecule has 1 amide bonds. The number of likely N-dealkylation sites (N-methyl/N-ethyl adjacent to an activating group) is 1. The average Bonchev–Trinajstić information content (AvgIpc) is 3.40. The second-order valence-corrected chi connectivity index (χ2v) is 9.56. The maximum Gasteiger partial charge on any atom is 0.253 e. The Kier molecular flexibility index (Phi) is 7.37. The Bertz CT molecular complexity index is 1180. The number of fused-ring (bicyclic) bond motifs is 1. The van der Waals surface area contributed by atoms with Crippen LogP contribution in [0.1, 0.15) is 34.5 Å². The first-order valence-corrected chi connectivity index (χ1v) is 12.5. The Labute approximate surface area is 212 Å². The predicted molar refractivity (Wildman–Crippen MR) is 137 cm³/mol. The highest BCUT2D eigenvalue weighted by atomic mass is 16.7. The predicted octanol–water partition coefficient (Wildman–Crippen LogP) is 4.41. The van der Waals surface area contributed by atoms with Gasteiger partial charge >= 0.3 is 0 Å².